The molecule has 0 N–H and O–H groups in total. The van der Waals surface area contributed by atoms with Gasteiger partial charge in [-0.25, -0.2) is 0 Å². The molecule has 0 aromatic carbocycles. The fraction of sp³-hybridized carbons (Fsp3) is 0.833. The zero-order valence-corrected chi connectivity index (χ0v) is 9.13. The highest BCUT2D eigenvalue weighted by Gasteiger charge is 2.56. The Kier molecular flexibility index (Phi) is 1.94. The van der Waals surface area contributed by atoms with Crippen LogP contribution in [0.15, 0.2) is 11.8 Å². The Balaban J connectivity index is 2.24. The third-order valence-corrected chi connectivity index (χ3v) is 4.25. The lowest BCUT2D eigenvalue weighted by Crippen LogP contribution is -2.45. The van der Waals surface area contributed by atoms with Gasteiger partial charge in [0.25, 0.3) is 0 Å². The van der Waals surface area contributed by atoms with Crippen molar-refractivity contribution < 1.29 is 4.74 Å². The van der Waals surface area contributed by atoms with Crippen molar-refractivity contribution in [1.82, 2.24) is 0 Å². The summed E-state index contributed by atoms with van der Waals surface area (Å²) in [5.41, 5.74) is 1.95. The largest absolute Gasteiger partial charge is 0.504 e. The van der Waals surface area contributed by atoms with E-state index in [1.807, 2.05) is 6.26 Å². The topological polar surface area (TPSA) is 9.23 Å². The molecule has 0 unspecified atom stereocenters. The van der Waals surface area contributed by atoms with Crippen LogP contribution in [0.4, 0.5) is 0 Å². The zero-order valence-electron chi connectivity index (χ0n) is 9.13. The van der Waals surface area contributed by atoms with E-state index in [1.165, 1.54) is 12.8 Å². The Morgan fingerprint density at radius 2 is 2.08 bits per heavy atom. The van der Waals surface area contributed by atoms with Gasteiger partial charge < -0.3 is 4.74 Å². The molecule has 2 saturated carbocycles. The van der Waals surface area contributed by atoms with Gasteiger partial charge in [0.15, 0.2) is 0 Å². The maximum absolute atomic E-state index is 5.18. The first kappa shape index (κ1) is 9.11. The second-order valence-corrected chi connectivity index (χ2v) is 5.22. The maximum atomic E-state index is 5.18. The van der Waals surface area contributed by atoms with Gasteiger partial charge in [-0.3, -0.25) is 0 Å². The molecule has 0 aromatic rings. The Morgan fingerprint density at radius 1 is 1.38 bits per heavy atom. The van der Waals surface area contributed by atoms with Crippen molar-refractivity contribution in [2.45, 2.75) is 33.6 Å². The average molecular weight is 180 g/mol. The maximum Gasteiger partial charge on any atom is 0.0825 e. The van der Waals surface area contributed by atoms with Crippen molar-refractivity contribution in [2.75, 3.05) is 7.11 Å². The summed E-state index contributed by atoms with van der Waals surface area (Å²) in [4.78, 5) is 0. The van der Waals surface area contributed by atoms with Gasteiger partial charge in [-0.2, -0.15) is 0 Å². The fourth-order valence-electron chi connectivity index (χ4n) is 3.44. The molecule has 1 heteroatoms. The lowest BCUT2D eigenvalue weighted by Gasteiger charge is -2.52. The monoisotopic (exact) mass is 180 g/mol. The molecule has 0 spiro atoms. The molecule has 2 aliphatic rings. The number of methoxy groups -OCH3 is 1. The van der Waals surface area contributed by atoms with Crippen LogP contribution in [0.25, 0.3) is 0 Å². The molecule has 0 saturated heterocycles. The Hall–Kier alpha value is -0.460. The third-order valence-electron chi connectivity index (χ3n) is 4.25. The lowest BCUT2D eigenvalue weighted by atomic mass is 9.52. The zero-order chi connectivity index (χ0) is 9.64. The lowest BCUT2D eigenvalue weighted by molar-refractivity contribution is 0.0834. The molecule has 0 heterocycles. The van der Waals surface area contributed by atoms with E-state index in [2.05, 4.69) is 20.8 Å². The van der Waals surface area contributed by atoms with Crippen LogP contribution in [0.3, 0.4) is 0 Å². The highest BCUT2D eigenvalue weighted by molar-refractivity contribution is 5.30. The highest BCUT2D eigenvalue weighted by atomic mass is 16.5. The van der Waals surface area contributed by atoms with Gasteiger partial charge >= 0.3 is 0 Å². The number of fused-ring (bicyclic) bond motifs is 1. The van der Waals surface area contributed by atoms with Crippen LogP contribution in [-0.2, 0) is 4.74 Å². The minimum atomic E-state index is 0.408. The van der Waals surface area contributed by atoms with Crippen LogP contribution in [0.1, 0.15) is 33.6 Å². The molecule has 0 amide bonds. The van der Waals surface area contributed by atoms with Gasteiger partial charge in [0, 0.05) is 0 Å². The molecule has 74 valence electrons. The van der Waals surface area contributed by atoms with Crippen LogP contribution in [0.2, 0.25) is 0 Å². The second kappa shape index (κ2) is 2.76. The van der Waals surface area contributed by atoms with E-state index in [0.717, 1.165) is 17.8 Å². The van der Waals surface area contributed by atoms with Crippen molar-refractivity contribution in [3.63, 3.8) is 0 Å². The van der Waals surface area contributed by atoms with Gasteiger partial charge in [0.1, 0.15) is 0 Å². The number of rotatable bonds is 1. The van der Waals surface area contributed by atoms with Crippen molar-refractivity contribution >= 4 is 0 Å². The summed E-state index contributed by atoms with van der Waals surface area (Å²) < 4.78 is 5.18. The van der Waals surface area contributed by atoms with E-state index in [4.69, 9.17) is 4.74 Å². The molecule has 2 aliphatic carbocycles. The standard InChI is InChI=1S/C12H20O/c1-8-5-6-9-11(8)10(7-13-4)12(9,2)3/h7-9,11H,5-6H2,1-4H3/b10-7+/t8-,9+,11-/m1/s1. The van der Waals surface area contributed by atoms with Gasteiger partial charge in [-0.15, -0.1) is 0 Å². The molecule has 2 rings (SSSR count). The molecule has 0 bridgehead atoms. The van der Waals surface area contributed by atoms with E-state index in [9.17, 15) is 0 Å². The molecular weight excluding hydrogens is 160 g/mol. The summed E-state index contributed by atoms with van der Waals surface area (Å²) in [5, 5.41) is 0. The summed E-state index contributed by atoms with van der Waals surface area (Å²) in [7, 11) is 1.76. The smallest absolute Gasteiger partial charge is 0.0825 e. The van der Waals surface area contributed by atoms with Crippen LogP contribution in [0.5, 0.6) is 0 Å². The van der Waals surface area contributed by atoms with Crippen molar-refractivity contribution in [1.29, 1.82) is 0 Å². The van der Waals surface area contributed by atoms with Crippen molar-refractivity contribution in [3.8, 4) is 0 Å². The first-order valence-electron chi connectivity index (χ1n) is 5.32. The van der Waals surface area contributed by atoms with Crippen LogP contribution in [-0.4, -0.2) is 7.11 Å². The minimum absolute atomic E-state index is 0.408. The Labute approximate surface area is 81.2 Å². The molecule has 13 heavy (non-hydrogen) atoms. The summed E-state index contributed by atoms with van der Waals surface area (Å²) in [6, 6.07) is 0. The van der Waals surface area contributed by atoms with E-state index in [0.29, 0.717) is 5.41 Å². The highest BCUT2D eigenvalue weighted by Crippen LogP contribution is 2.64. The summed E-state index contributed by atoms with van der Waals surface area (Å²) in [6.45, 7) is 7.09. The molecule has 0 aromatic heterocycles. The SMILES string of the molecule is CO/C=C1\[C@@H]2[C@H](C)CC[C@@H]2C1(C)C. The normalized spacial score (nSPS) is 44.3. The third kappa shape index (κ3) is 1.06. The van der Waals surface area contributed by atoms with E-state index >= 15 is 0 Å². The number of hydrogen-bond acceptors (Lipinski definition) is 1. The van der Waals surface area contributed by atoms with Crippen LogP contribution < -0.4 is 0 Å². The molecule has 0 aliphatic heterocycles. The van der Waals surface area contributed by atoms with Crippen LogP contribution >= 0.6 is 0 Å². The Bertz CT molecular complexity index is 240. The van der Waals surface area contributed by atoms with E-state index < -0.39 is 0 Å². The summed E-state index contributed by atoms with van der Waals surface area (Å²) in [6.07, 6.45) is 4.81. The molecule has 3 atom stereocenters. The first-order valence-corrected chi connectivity index (χ1v) is 5.32. The predicted octanol–water partition coefficient (Wildman–Crippen LogP) is 3.22. The van der Waals surface area contributed by atoms with Gasteiger partial charge in [-0.1, -0.05) is 20.8 Å². The van der Waals surface area contributed by atoms with E-state index in [1.54, 1.807) is 12.7 Å². The quantitative estimate of drug-likeness (QED) is 0.563. The average Bonchev–Trinajstić information content (AvgIpc) is 2.41. The summed E-state index contributed by atoms with van der Waals surface area (Å²) in [5.74, 6) is 2.62. The van der Waals surface area contributed by atoms with E-state index in [-0.39, 0.29) is 0 Å². The van der Waals surface area contributed by atoms with Gasteiger partial charge in [-0.05, 0) is 41.6 Å². The van der Waals surface area contributed by atoms with Crippen LogP contribution in [0, 0.1) is 23.2 Å². The van der Waals surface area contributed by atoms with Gasteiger partial charge in [0.2, 0.25) is 0 Å². The van der Waals surface area contributed by atoms with Crippen molar-refractivity contribution in [2.24, 2.45) is 23.2 Å². The second-order valence-electron chi connectivity index (χ2n) is 5.22. The number of hydrogen-bond donors (Lipinski definition) is 0. The molecule has 0 radical (unpaired) electrons. The number of ether oxygens (including phenoxy) is 1. The summed E-state index contributed by atoms with van der Waals surface area (Å²) >= 11 is 0. The van der Waals surface area contributed by atoms with Crippen molar-refractivity contribution in [3.05, 3.63) is 11.8 Å². The fourth-order valence-corrected chi connectivity index (χ4v) is 3.44. The predicted molar refractivity (Wildman–Crippen MR) is 54.3 cm³/mol. The van der Waals surface area contributed by atoms with Gasteiger partial charge in [0.05, 0.1) is 13.4 Å². The number of allylic oxidation sites excluding steroid dienone is 1. The first-order chi connectivity index (χ1) is 6.09. The molecule has 1 nitrogen and oxygen atoms in total. The molecule has 2 fully saturated rings. The minimum Gasteiger partial charge on any atom is -0.504 e. The molecular formula is C12H20O. The Morgan fingerprint density at radius 3 is 2.69 bits per heavy atom.